The summed E-state index contributed by atoms with van der Waals surface area (Å²) in [5.74, 6) is -3.67. The van der Waals surface area contributed by atoms with Crippen molar-refractivity contribution in [1.29, 1.82) is 0 Å². The van der Waals surface area contributed by atoms with Crippen molar-refractivity contribution in [2.75, 3.05) is 0 Å². The van der Waals surface area contributed by atoms with Gasteiger partial charge in [-0.1, -0.05) is 12.1 Å². The molecule has 16 heteroatoms. The molecule has 0 radical (unpaired) electrons. The number of aromatic hydroxyl groups is 1. The van der Waals surface area contributed by atoms with E-state index in [9.17, 15) is 44.4 Å². The average molecular weight is 821 g/mol. The minimum atomic E-state index is -2.83. The van der Waals surface area contributed by atoms with Gasteiger partial charge in [-0.25, -0.2) is 0 Å². The van der Waals surface area contributed by atoms with E-state index in [4.69, 9.17) is 33.2 Å². The maximum atomic E-state index is 14.3. The van der Waals surface area contributed by atoms with Gasteiger partial charge in [-0.3, -0.25) is 24.0 Å². The van der Waals surface area contributed by atoms with Crippen LogP contribution >= 0.6 is 0 Å². The number of hydrogen-bond donors (Lipinski definition) is 4. The predicted octanol–water partition coefficient (Wildman–Crippen LogP) is 2.48. The van der Waals surface area contributed by atoms with E-state index in [-0.39, 0.29) is 46.7 Å². The number of phenols is 1. The largest absolute Gasteiger partial charge is 0.507 e. The fourth-order valence-electron chi connectivity index (χ4n) is 9.32. The van der Waals surface area contributed by atoms with Gasteiger partial charge in [-0.15, -0.1) is 0 Å². The van der Waals surface area contributed by atoms with Gasteiger partial charge in [0, 0.05) is 42.4 Å². The second kappa shape index (κ2) is 15.1. The maximum absolute atomic E-state index is 14.3. The van der Waals surface area contributed by atoms with Crippen LogP contribution in [0.3, 0.4) is 0 Å². The summed E-state index contributed by atoms with van der Waals surface area (Å²) in [7, 11) is 0. The summed E-state index contributed by atoms with van der Waals surface area (Å²) in [5.41, 5.74) is -8.06. The highest BCUT2D eigenvalue weighted by atomic mass is 16.7. The minimum Gasteiger partial charge on any atom is -0.507 e. The standard InChI is InChI=1S/C43H48O16/c1-19-26(44)8-11-32(54-19)57-29-10-13-34(56-21(29)3)59-41(5)17-31(47)43(52)36-25(14-15-42(43,51)18-41)38(49)35-24(39(36)50)7-6-23(37(35)48)30-16-28(46)40(22(4)53-30)58-33-12-9-27(45)20(2)55-33/h6-9,11-12,14-15,19-22,28-30,32-34,40,46,48,51-52H,10,13,16-18H2,1-5H3. The number of carbonyl (C=O) groups is 5. The number of Topliss-reactive ketones (excluding diaryl/α,β-unsaturated/α-hetero) is 3. The summed E-state index contributed by atoms with van der Waals surface area (Å²) in [6.45, 7) is 8.27. The zero-order valence-corrected chi connectivity index (χ0v) is 33.2. The van der Waals surface area contributed by atoms with Crippen molar-refractivity contribution < 1.29 is 77.6 Å². The smallest absolute Gasteiger partial charge is 0.198 e. The van der Waals surface area contributed by atoms with Crippen LogP contribution in [0.2, 0.25) is 0 Å². The van der Waals surface area contributed by atoms with Gasteiger partial charge in [0.15, 0.2) is 53.4 Å². The highest BCUT2D eigenvalue weighted by molar-refractivity contribution is 6.32. The van der Waals surface area contributed by atoms with Crippen molar-refractivity contribution in [1.82, 2.24) is 0 Å². The third-order valence-electron chi connectivity index (χ3n) is 12.4. The number of rotatable bonds is 7. The number of phenolic OH excluding ortho intramolecular Hbond substituents is 1. The van der Waals surface area contributed by atoms with Gasteiger partial charge >= 0.3 is 0 Å². The lowest BCUT2D eigenvalue weighted by molar-refractivity contribution is -0.290. The lowest BCUT2D eigenvalue weighted by atomic mass is 9.57. The molecule has 16 nitrogen and oxygen atoms in total. The Kier molecular flexibility index (Phi) is 10.7. The molecule has 2 saturated heterocycles. The van der Waals surface area contributed by atoms with E-state index in [0.717, 1.165) is 6.08 Å². The molecule has 3 fully saturated rings. The van der Waals surface area contributed by atoms with Crippen LogP contribution in [-0.2, 0) is 47.5 Å². The van der Waals surface area contributed by atoms with E-state index in [1.807, 2.05) is 0 Å². The summed E-state index contributed by atoms with van der Waals surface area (Å²) in [4.78, 5) is 66.2. The second-order valence-electron chi connectivity index (χ2n) is 16.8. The first-order chi connectivity index (χ1) is 27.8. The summed E-state index contributed by atoms with van der Waals surface area (Å²) in [6.07, 6.45) is -0.317. The van der Waals surface area contributed by atoms with E-state index in [2.05, 4.69) is 0 Å². The van der Waals surface area contributed by atoms with Gasteiger partial charge in [-0.2, -0.15) is 0 Å². The lowest BCUT2D eigenvalue weighted by Crippen LogP contribution is -2.69. The first-order valence-corrected chi connectivity index (χ1v) is 19.9. The molecule has 316 valence electrons. The first kappa shape index (κ1) is 41.7. The molecule has 14 atom stereocenters. The Morgan fingerprint density at radius 2 is 1.46 bits per heavy atom. The third kappa shape index (κ3) is 7.12. The molecule has 0 amide bonds. The van der Waals surface area contributed by atoms with Crippen LogP contribution in [0.25, 0.3) is 0 Å². The molecule has 1 aromatic rings. The van der Waals surface area contributed by atoms with E-state index < -0.39 is 120 Å². The number of hydrogen-bond acceptors (Lipinski definition) is 16. The Morgan fingerprint density at radius 3 is 2.08 bits per heavy atom. The number of allylic oxidation sites excluding steroid dienone is 2. The molecule has 0 bridgehead atoms. The Balaban J connectivity index is 0.969. The molecule has 0 spiro atoms. The van der Waals surface area contributed by atoms with Gasteiger partial charge in [0.1, 0.15) is 29.7 Å². The summed E-state index contributed by atoms with van der Waals surface area (Å²) in [5, 5.41) is 47.0. The van der Waals surface area contributed by atoms with Gasteiger partial charge in [0.25, 0.3) is 0 Å². The van der Waals surface area contributed by atoms with Crippen LogP contribution in [0.4, 0.5) is 0 Å². The van der Waals surface area contributed by atoms with Crippen LogP contribution in [0.1, 0.15) is 99.1 Å². The Hall–Kier alpha value is -4.07. The van der Waals surface area contributed by atoms with E-state index in [0.29, 0.717) is 12.8 Å². The predicted molar refractivity (Wildman–Crippen MR) is 201 cm³/mol. The van der Waals surface area contributed by atoms with Crippen LogP contribution in [0, 0.1) is 0 Å². The van der Waals surface area contributed by atoms with E-state index >= 15 is 0 Å². The normalized spacial score (nSPS) is 42.2. The molecule has 4 aliphatic heterocycles. The fraction of sp³-hybridized carbons (Fsp3) is 0.558. The molecule has 4 N–H and O–H groups in total. The number of aliphatic hydroxyl groups is 3. The van der Waals surface area contributed by atoms with Crippen molar-refractivity contribution >= 4 is 28.9 Å². The Morgan fingerprint density at radius 1 is 0.797 bits per heavy atom. The zero-order chi connectivity index (χ0) is 42.3. The zero-order valence-electron chi connectivity index (χ0n) is 33.2. The van der Waals surface area contributed by atoms with E-state index in [1.54, 1.807) is 40.7 Å². The van der Waals surface area contributed by atoms with Crippen LogP contribution < -0.4 is 0 Å². The van der Waals surface area contributed by atoms with Crippen molar-refractivity contribution in [3.05, 3.63) is 76.4 Å². The van der Waals surface area contributed by atoms with Crippen molar-refractivity contribution in [2.24, 2.45) is 0 Å². The van der Waals surface area contributed by atoms with Crippen LogP contribution in [-0.4, -0.2) is 128 Å². The fourth-order valence-corrected chi connectivity index (χ4v) is 9.32. The molecule has 8 rings (SSSR count). The monoisotopic (exact) mass is 820 g/mol. The molecule has 0 aromatic heterocycles. The molecular formula is C43H48O16. The van der Waals surface area contributed by atoms with Crippen molar-refractivity contribution in [2.45, 2.75) is 151 Å². The molecule has 7 aliphatic rings. The number of carbonyl (C=O) groups excluding carboxylic acids is 5. The molecule has 4 heterocycles. The third-order valence-corrected chi connectivity index (χ3v) is 12.4. The quantitative estimate of drug-likeness (QED) is 0.310. The van der Waals surface area contributed by atoms with Gasteiger partial charge in [0.05, 0.1) is 47.3 Å². The summed E-state index contributed by atoms with van der Waals surface area (Å²) >= 11 is 0. The summed E-state index contributed by atoms with van der Waals surface area (Å²) in [6, 6.07) is 2.66. The average Bonchev–Trinajstić information content (AvgIpc) is 3.16. The second-order valence-corrected chi connectivity index (χ2v) is 16.8. The molecule has 1 saturated carbocycles. The molecule has 59 heavy (non-hydrogen) atoms. The number of ketones is 5. The maximum Gasteiger partial charge on any atom is 0.198 e. The minimum absolute atomic E-state index is 0.0704. The molecule has 1 aromatic carbocycles. The van der Waals surface area contributed by atoms with E-state index in [1.165, 1.54) is 36.4 Å². The summed E-state index contributed by atoms with van der Waals surface area (Å²) < 4.78 is 41.7. The van der Waals surface area contributed by atoms with Crippen molar-refractivity contribution in [3.63, 3.8) is 0 Å². The Bertz CT molecular complexity index is 2090. The SMILES string of the molecule is CC1OC(OC2CCC(OC3(C)CC(=O)C4(O)C5=C(C=CC4(O)C3)C(=O)c3c(ccc(C4CC(O)C(OC6C=CC(=O)C(C)O6)C(C)O4)c3O)C5=O)OC2C)C=CC1=O. The van der Waals surface area contributed by atoms with Gasteiger partial charge in [-0.05, 0) is 77.5 Å². The highest BCUT2D eigenvalue weighted by Gasteiger charge is 2.67. The first-order valence-electron chi connectivity index (χ1n) is 19.9. The number of benzene rings is 1. The number of ether oxygens (including phenoxy) is 7. The van der Waals surface area contributed by atoms with Crippen LogP contribution in [0.15, 0.2) is 59.7 Å². The topological polar surface area (TPSA) is 231 Å². The number of aliphatic hydroxyl groups excluding tert-OH is 1. The van der Waals surface area contributed by atoms with Gasteiger partial charge < -0.3 is 53.6 Å². The number of fused-ring (bicyclic) bond motifs is 3. The van der Waals surface area contributed by atoms with Gasteiger partial charge in [0.2, 0.25) is 0 Å². The molecule has 3 aliphatic carbocycles. The highest BCUT2D eigenvalue weighted by Crippen LogP contribution is 2.53. The molecular weight excluding hydrogens is 772 g/mol. The lowest BCUT2D eigenvalue weighted by Gasteiger charge is -2.53. The molecule has 14 unspecified atom stereocenters. The van der Waals surface area contributed by atoms with Crippen LogP contribution in [0.5, 0.6) is 5.75 Å². The Labute approximate surface area is 339 Å². The van der Waals surface area contributed by atoms with Crippen molar-refractivity contribution in [3.8, 4) is 5.75 Å².